The predicted octanol–water partition coefficient (Wildman–Crippen LogP) is 2.80. The predicted molar refractivity (Wildman–Crippen MR) is 71.2 cm³/mol. The number of rotatable bonds is 6. The van der Waals surface area contributed by atoms with Gasteiger partial charge in [-0.3, -0.25) is 0 Å². The van der Waals surface area contributed by atoms with Gasteiger partial charge in [0.05, 0.1) is 17.9 Å². The zero-order chi connectivity index (χ0) is 12.1. The standard InChI is InChI=1S/C13H21NO2S/c1-13(6-3-7-15-13)10-14-8-11-4-5-12(16-11)9-17-2/h4-5,14H,3,6-10H2,1-2H3. The first-order valence-corrected chi connectivity index (χ1v) is 7.52. The maximum absolute atomic E-state index is 5.73. The minimum absolute atomic E-state index is 0.0225. The quantitative estimate of drug-likeness (QED) is 0.847. The van der Waals surface area contributed by atoms with E-state index >= 15 is 0 Å². The zero-order valence-corrected chi connectivity index (χ0v) is 11.4. The molecule has 2 rings (SSSR count). The normalized spacial score (nSPS) is 24.4. The Labute approximate surface area is 107 Å². The molecule has 1 aromatic heterocycles. The van der Waals surface area contributed by atoms with E-state index < -0.39 is 0 Å². The van der Waals surface area contributed by atoms with E-state index in [1.54, 1.807) is 11.8 Å². The molecule has 1 aromatic rings. The maximum Gasteiger partial charge on any atom is 0.118 e. The van der Waals surface area contributed by atoms with Gasteiger partial charge in [0.2, 0.25) is 0 Å². The Morgan fingerprint density at radius 3 is 2.94 bits per heavy atom. The van der Waals surface area contributed by atoms with Crippen molar-refractivity contribution in [2.24, 2.45) is 0 Å². The fraction of sp³-hybridized carbons (Fsp3) is 0.692. The number of thioether (sulfide) groups is 1. The van der Waals surface area contributed by atoms with Crippen LogP contribution in [-0.2, 0) is 17.0 Å². The number of hydrogen-bond acceptors (Lipinski definition) is 4. The van der Waals surface area contributed by atoms with Crippen LogP contribution in [0.3, 0.4) is 0 Å². The Morgan fingerprint density at radius 2 is 2.24 bits per heavy atom. The van der Waals surface area contributed by atoms with Gasteiger partial charge in [-0.15, -0.1) is 0 Å². The molecule has 4 heteroatoms. The third kappa shape index (κ3) is 3.76. The van der Waals surface area contributed by atoms with Crippen LogP contribution >= 0.6 is 11.8 Å². The number of ether oxygens (including phenoxy) is 1. The molecule has 96 valence electrons. The SMILES string of the molecule is CSCc1ccc(CNCC2(C)CCCO2)o1. The smallest absolute Gasteiger partial charge is 0.118 e. The van der Waals surface area contributed by atoms with Gasteiger partial charge in [-0.25, -0.2) is 0 Å². The second-order valence-corrected chi connectivity index (χ2v) is 5.67. The fourth-order valence-electron chi connectivity index (χ4n) is 2.16. The molecule has 1 unspecified atom stereocenters. The van der Waals surface area contributed by atoms with Crippen LogP contribution in [0.4, 0.5) is 0 Å². The van der Waals surface area contributed by atoms with Gasteiger partial charge in [0.25, 0.3) is 0 Å². The largest absolute Gasteiger partial charge is 0.464 e. The van der Waals surface area contributed by atoms with Crippen molar-refractivity contribution in [2.75, 3.05) is 19.4 Å². The fourth-order valence-corrected chi connectivity index (χ4v) is 2.60. The third-order valence-electron chi connectivity index (χ3n) is 3.10. The zero-order valence-electron chi connectivity index (χ0n) is 10.6. The summed E-state index contributed by atoms with van der Waals surface area (Å²) in [6.07, 6.45) is 4.41. The molecular weight excluding hydrogens is 234 g/mol. The van der Waals surface area contributed by atoms with Crippen LogP contribution in [0.2, 0.25) is 0 Å². The summed E-state index contributed by atoms with van der Waals surface area (Å²) >= 11 is 1.78. The highest BCUT2D eigenvalue weighted by molar-refractivity contribution is 7.97. The van der Waals surface area contributed by atoms with Crippen molar-refractivity contribution >= 4 is 11.8 Å². The molecule has 1 fully saturated rings. The van der Waals surface area contributed by atoms with E-state index in [9.17, 15) is 0 Å². The summed E-state index contributed by atoms with van der Waals surface area (Å²) in [6.45, 7) is 4.75. The van der Waals surface area contributed by atoms with Crippen LogP contribution in [0.5, 0.6) is 0 Å². The molecule has 1 atom stereocenters. The lowest BCUT2D eigenvalue weighted by molar-refractivity contribution is 0.0204. The molecule has 0 saturated carbocycles. The summed E-state index contributed by atoms with van der Waals surface area (Å²) in [7, 11) is 0. The minimum atomic E-state index is 0.0225. The average molecular weight is 255 g/mol. The molecule has 0 bridgehead atoms. The van der Waals surface area contributed by atoms with Gasteiger partial charge in [0.15, 0.2) is 0 Å². The van der Waals surface area contributed by atoms with Gasteiger partial charge < -0.3 is 14.5 Å². The highest BCUT2D eigenvalue weighted by Crippen LogP contribution is 2.24. The highest BCUT2D eigenvalue weighted by atomic mass is 32.2. The summed E-state index contributed by atoms with van der Waals surface area (Å²) in [5.74, 6) is 3.01. The van der Waals surface area contributed by atoms with Crippen molar-refractivity contribution in [2.45, 2.75) is 37.7 Å². The van der Waals surface area contributed by atoms with Crippen molar-refractivity contribution in [1.82, 2.24) is 5.32 Å². The Bertz CT molecular complexity index is 345. The Hall–Kier alpha value is -0.450. The number of furan rings is 1. The molecule has 0 amide bonds. The molecule has 1 N–H and O–H groups in total. The Morgan fingerprint density at radius 1 is 1.41 bits per heavy atom. The van der Waals surface area contributed by atoms with Crippen molar-refractivity contribution in [3.05, 3.63) is 23.7 Å². The highest BCUT2D eigenvalue weighted by Gasteiger charge is 2.28. The summed E-state index contributed by atoms with van der Waals surface area (Å²) in [5, 5.41) is 3.41. The molecule has 1 aliphatic rings. The average Bonchev–Trinajstić information content (AvgIpc) is 2.90. The van der Waals surface area contributed by atoms with Crippen LogP contribution in [0, 0.1) is 0 Å². The molecule has 2 heterocycles. The lowest BCUT2D eigenvalue weighted by Gasteiger charge is -2.23. The molecule has 1 aliphatic heterocycles. The molecule has 3 nitrogen and oxygen atoms in total. The van der Waals surface area contributed by atoms with E-state index in [1.807, 2.05) is 0 Å². The number of hydrogen-bond donors (Lipinski definition) is 1. The Balaban J connectivity index is 1.73. The number of nitrogens with one attached hydrogen (secondary N) is 1. The van der Waals surface area contributed by atoms with E-state index in [0.29, 0.717) is 0 Å². The maximum atomic E-state index is 5.73. The van der Waals surface area contributed by atoms with Gasteiger partial charge in [-0.2, -0.15) is 11.8 Å². The van der Waals surface area contributed by atoms with Gasteiger partial charge in [-0.05, 0) is 38.2 Å². The lowest BCUT2D eigenvalue weighted by Crippen LogP contribution is -2.36. The molecule has 17 heavy (non-hydrogen) atoms. The third-order valence-corrected chi connectivity index (χ3v) is 3.68. The van der Waals surface area contributed by atoms with Crippen LogP contribution in [0.25, 0.3) is 0 Å². The van der Waals surface area contributed by atoms with Crippen LogP contribution < -0.4 is 5.32 Å². The van der Waals surface area contributed by atoms with Crippen LogP contribution in [0.1, 0.15) is 31.3 Å². The van der Waals surface area contributed by atoms with E-state index in [-0.39, 0.29) is 5.60 Å². The summed E-state index contributed by atoms with van der Waals surface area (Å²) in [6, 6.07) is 4.11. The van der Waals surface area contributed by atoms with Gasteiger partial charge in [0, 0.05) is 13.2 Å². The van der Waals surface area contributed by atoms with Crippen LogP contribution in [0.15, 0.2) is 16.5 Å². The molecule has 0 aromatic carbocycles. The van der Waals surface area contributed by atoms with Crippen molar-refractivity contribution in [1.29, 1.82) is 0 Å². The topological polar surface area (TPSA) is 34.4 Å². The monoisotopic (exact) mass is 255 g/mol. The molecular formula is C13H21NO2S. The molecule has 0 aliphatic carbocycles. The molecule has 0 radical (unpaired) electrons. The first kappa shape index (κ1) is 13.0. The summed E-state index contributed by atoms with van der Waals surface area (Å²) < 4.78 is 11.4. The van der Waals surface area contributed by atoms with Crippen molar-refractivity contribution in [3.63, 3.8) is 0 Å². The van der Waals surface area contributed by atoms with Crippen molar-refractivity contribution < 1.29 is 9.15 Å². The van der Waals surface area contributed by atoms with E-state index in [2.05, 4.69) is 30.6 Å². The van der Waals surface area contributed by atoms with Crippen LogP contribution in [-0.4, -0.2) is 25.0 Å². The second kappa shape index (κ2) is 5.94. The summed E-state index contributed by atoms with van der Waals surface area (Å²) in [5.41, 5.74) is 0.0225. The first-order chi connectivity index (χ1) is 8.22. The van der Waals surface area contributed by atoms with Crippen molar-refractivity contribution in [3.8, 4) is 0 Å². The second-order valence-electron chi connectivity index (χ2n) is 4.81. The minimum Gasteiger partial charge on any atom is -0.464 e. The van der Waals surface area contributed by atoms with Gasteiger partial charge >= 0.3 is 0 Å². The van der Waals surface area contributed by atoms with E-state index in [4.69, 9.17) is 9.15 Å². The molecule has 0 spiro atoms. The van der Waals surface area contributed by atoms with E-state index in [1.165, 1.54) is 6.42 Å². The Kier molecular flexibility index (Phi) is 4.54. The van der Waals surface area contributed by atoms with Gasteiger partial charge in [0.1, 0.15) is 11.5 Å². The first-order valence-electron chi connectivity index (χ1n) is 6.13. The van der Waals surface area contributed by atoms with Gasteiger partial charge in [-0.1, -0.05) is 0 Å². The molecule has 1 saturated heterocycles. The summed E-state index contributed by atoms with van der Waals surface area (Å²) in [4.78, 5) is 0. The van der Waals surface area contributed by atoms with E-state index in [0.717, 1.165) is 43.4 Å². The lowest BCUT2D eigenvalue weighted by atomic mass is 10.0.